The van der Waals surface area contributed by atoms with E-state index in [2.05, 4.69) is 25.0 Å². The summed E-state index contributed by atoms with van der Waals surface area (Å²) in [6.45, 7) is -5.85. The molecule has 0 saturated carbocycles. The smallest absolute Gasteiger partial charge is 0.482 e. The minimum absolute atomic E-state index is 0.0290. The van der Waals surface area contributed by atoms with Crippen molar-refractivity contribution in [3.05, 3.63) is 30.3 Å². The summed E-state index contributed by atoms with van der Waals surface area (Å²) < 4.78 is 51.2. The standard InChI is InChI=1S/C13H18BO13P3S/c14-12-6-10(25-13(15)8-22-9-4-2-1-3-5-9)11(24-12)7-23-28(16,17)26-29(18,19)27-30(20,21)31/h1-5,10-12H,6-8H2,(H,16,17)(H,18,19)(H2,20,21,31). The van der Waals surface area contributed by atoms with E-state index in [0.29, 0.717) is 5.75 Å². The van der Waals surface area contributed by atoms with Crippen molar-refractivity contribution in [1.29, 1.82) is 0 Å². The van der Waals surface area contributed by atoms with Gasteiger partial charge in [-0.25, -0.2) is 18.2 Å². The second kappa shape index (κ2) is 11.0. The number of benzene rings is 1. The highest BCUT2D eigenvalue weighted by atomic mass is 32.5. The molecular weight excluding hydrogens is 500 g/mol. The fourth-order valence-electron chi connectivity index (χ4n) is 2.35. The van der Waals surface area contributed by atoms with E-state index in [0.717, 1.165) is 0 Å². The zero-order chi connectivity index (χ0) is 23.3. The van der Waals surface area contributed by atoms with E-state index >= 15 is 0 Å². The Kier molecular flexibility index (Phi) is 9.42. The summed E-state index contributed by atoms with van der Waals surface area (Å²) in [5.74, 6) is -0.339. The molecule has 0 aliphatic carbocycles. The lowest BCUT2D eigenvalue weighted by atomic mass is 9.96. The van der Waals surface area contributed by atoms with E-state index in [9.17, 15) is 23.7 Å². The van der Waals surface area contributed by atoms with Crippen molar-refractivity contribution in [3.8, 4) is 5.75 Å². The molecule has 1 aromatic rings. The van der Waals surface area contributed by atoms with Crippen LogP contribution in [0.3, 0.4) is 0 Å². The number of hydrogen-bond acceptors (Lipinski definition) is 10. The molecule has 0 amide bonds. The van der Waals surface area contributed by atoms with Crippen LogP contribution in [0.2, 0.25) is 0 Å². The zero-order valence-corrected chi connectivity index (χ0v) is 19.0. The van der Waals surface area contributed by atoms with Crippen molar-refractivity contribution in [3.63, 3.8) is 0 Å². The predicted octanol–water partition coefficient (Wildman–Crippen LogP) is 0.720. The Morgan fingerprint density at radius 2 is 1.77 bits per heavy atom. The first kappa shape index (κ1) is 26.6. The second-order valence-electron chi connectivity index (χ2n) is 5.97. The average molecular weight is 518 g/mol. The Morgan fingerprint density at radius 3 is 2.39 bits per heavy atom. The molecule has 1 saturated heterocycles. The highest BCUT2D eigenvalue weighted by Gasteiger charge is 2.42. The van der Waals surface area contributed by atoms with Crippen LogP contribution < -0.4 is 4.74 Å². The molecule has 18 heteroatoms. The summed E-state index contributed by atoms with van der Waals surface area (Å²) >= 11 is 3.98. The molecule has 1 heterocycles. The molecule has 4 N–H and O–H groups in total. The summed E-state index contributed by atoms with van der Waals surface area (Å²) in [7, 11) is -5.07. The van der Waals surface area contributed by atoms with Crippen molar-refractivity contribution in [2.24, 2.45) is 0 Å². The van der Waals surface area contributed by atoms with Gasteiger partial charge < -0.3 is 33.8 Å². The normalized spacial score (nSPS) is 25.4. The van der Waals surface area contributed by atoms with Crippen LogP contribution in [0.5, 0.6) is 5.75 Å². The summed E-state index contributed by atoms with van der Waals surface area (Å²) in [6.07, 6.45) is -2.08. The lowest BCUT2D eigenvalue weighted by molar-refractivity contribution is -0.154. The van der Waals surface area contributed by atoms with Crippen LogP contribution in [-0.4, -0.2) is 64.8 Å². The van der Waals surface area contributed by atoms with Crippen LogP contribution in [0.25, 0.3) is 0 Å². The van der Waals surface area contributed by atoms with Gasteiger partial charge in [-0.3, -0.25) is 4.52 Å². The first-order valence-electron chi connectivity index (χ1n) is 8.31. The molecule has 5 unspecified atom stereocenters. The zero-order valence-electron chi connectivity index (χ0n) is 15.5. The SMILES string of the molecule is [B]C1CC(OC(=O)COc2ccccc2)C(COP(=O)(O)OP(=O)(O)OP(O)(O)=S)O1. The van der Waals surface area contributed by atoms with Crippen LogP contribution in [0.15, 0.2) is 30.3 Å². The molecule has 1 aliphatic heterocycles. The number of phosphoric acid groups is 2. The van der Waals surface area contributed by atoms with Gasteiger partial charge in [0, 0.05) is 12.4 Å². The summed E-state index contributed by atoms with van der Waals surface area (Å²) in [4.78, 5) is 48.5. The van der Waals surface area contributed by atoms with E-state index in [1.165, 1.54) is 0 Å². The molecule has 31 heavy (non-hydrogen) atoms. The monoisotopic (exact) mass is 518 g/mol. The number of carbonyl (C=O) groups is 1. The Hall–Kier alpha value is -0.655. The lowest BCUT2D eigenvalue weighted by Crippen LogP contribution is -2.32. The number of phosphoric ester groups is 1. The van der Waals surface area contributed by atoms with Gasteiger partial charge >= 0.3 is 28.3 Å². The highest BCUT2D eigenvalue weighted by molar-refractivity contribution is 8.08. The molecule has 1 aromatic carbocycles. The van der Waals surface area contributed by atoms with Gasteiger partial charge in [0.05, 0.1) is 6.61 Å². The molecule has 1 aliphatic rings. The maximum Gasteiger partial charge on any atom is 0.488 e. The number of esters is 1. The van der Waals surface area contributed by atoms with Crippen LogP contribution in [0.4, 0.5) is 0 Å². The first-order chi connectivity index (χ1) is 14.2. The maximum atomic E-state index is 12.0. The summed E-state index contributed by atoms with van der Waals surface area (Å²) in [5.41, 5.74) is 0. The van der Waals surface area contributed by atoms with Gasteiger partial charge in [-0.15, -0.1) is 0 Å². The molecule has 0 bridgehead atoms. The molecule has 172 valence electrons. The third-order valence-electron chi connectivity index (χ3n) is 3.43. The van der Waals surface area contributed by atoms with E-state index in [-0.39, 0.29) is 6.42 Å². The molecule has 2 rings (SSSR count). The van der Waals surface area contributed by atoms with Gasteiger partial charge in [-0.05, 0) is 23.9 Å². The predicted molar refractivity (Wildman–Crippen MR) is 107 cm³/mol. The van der Waals surface area contributed by atoms with Crippen molar-refractivity contribution < 1.29 is 60.9 Å². The van der Waals surface area contributed by atoms with Gasteiger partial charge in [0.2, 0.25) is 0 Å². The number of rotatable bonds is 11. The molecule has 13 nitrogen and oxygen atoms in total. The van der Waals surface area contributed by atoms with E-state index in [1.54, 1.807) is 30.3 Å². The second-order valence-corrected chi connectivity index (χ2v) is 11.8. The fraction of sp³-hybridized carbons (Fsp3) is 0.462. The number of carbonyl (C=O) groups excluding carboxylic acids is 1. The number of para-hydroxylation sites is 1. The minimum Gasteiger partial charge on any atom is -0.482 e. The summed E-state index contributed by atoms with van der Waals surface area (Å²) in [6, 6.07) is 7.56. The third-order valence-corrected chi connectivity index (χ3v) is 7.83. The van der Waals surface area contributed by atoms with Gasteiger partial charge in [-0.1, -0.05) is 18.2 Å². The lowest BCUT2D eigenvalue weighted by Gasteiger charge is -2.21. The molecule has 5 atom stereocenters. The Labute approximate surface area is 183 Å². The highest BCUT2D eigenvalue weighted by Crippen LogP contribution is 2.66. The topological polar surface area (TPSA) is 188 Å². The maximum absolute atomic E-state index is 12.0. The van der Waals surface area contributed by atoms with Gasteiger partial charge in [0.1, 0.15) is 25.8 Å². The Balaban J connectivity index is 1.87. The minimum atomic E-state index is -5.45. The van der Waals surface area contributed by atoms with E-state index < -0.39 is 59.8 Å². The summed E-state index contributed by atoms with van der Waals surface area (Å²) in [5, 5.41) is 0. The molecule has 1 fully saturated rings. The molecule has 0 aromatic heterocycles. The van der Waals surface area contributed by atoms with Crippen LogP contribution in [0.1, 0.15) is 6.42 Å². The largest absolute Gasteiger partial charge is 0.488 e. The average Bonchev–Trinajstić information content (AvgIpc) is 2.95. The molecule has 2 radical (unpaired) electrons. The molecule has 0 spiro atoms. The van der Waals surface area contributed by atoms with Crippen molar-refractivity contribution in [1.82, 2.24) is 0 Å². The third kappa shape index (κ3) is 10.2. The van der Waals surface area contributed by atoms with E-state index in [1.807, 2.05) is 0 Å². The Morgan fingerprint density at radius 1 is 1.13 bits per heavy atom. The number of hydrogen-bond donors (Lipinski definition) is 4. The van der Waals surface area contributed by atoms with E-state index in [4.69, 9.17) is 31.8 Å². The van der Waals surface area contributed by atoms with Crippen LogP contribution >= 0.6 is 22.4 Å². The van der Waals surface area contributed by atoms with Gasteiger partial charge in [0.25, 0.3) is 0 Å². The first-order valence-corrected chi connectivity index (χ1v) is 13.9. The van der Waals surface area contributed by atoms with Crippen molar-refractivity contribution in [2.45, 2.75) is 24.6 Å². The van der Waals surface area contributed by atoms with Crippen LogP contribution in [-0.2, 0) is 48.4 Å². The Bertz CT molecular complexity index is 896. The van der Waals surface area contributed by atoms with Gasteiger partial charge in [-0.2, -0.15) is 4.31 Å². The number of ether oxygens (including phenoxy) is 3. The van der Waals surface area contributed by atoms with Crippen molar-refractivity contribution in [2.75, 3.05) is 13.2 Å². The van der Waals surface area contributed by atoms with Crippen molar-refractivity contribution >= 4 is 48.0 Å². The quantitative estimate of drug-likeness (QED) is 0.182. The molecular formula is C13H18BO13P3S. The fourth-order valence-corrected chi connectivity index (χ4v) is 6.14. The van der Waals surface area contributed by atoms with Gasteiger partial charge in [0.15, 0.2) is 6.61 Å². The van der Waals surface area contributed by atoms with Crippen LogP contribution in [0, 0.1) is 0 Å².